The van der Waals surface area contributed by atoms with E-state index in [1.807, 2.05) is 0 Å². The maximum absolute atomic E-state index is 12.3. The lowest BCUT2D eigenvalue weighted by molar-refractivity contribution is 0.00787. The molecule has 0 unspecified atom stereocenters. The Kier molecular flexibility index (Phi) is 11.9. The molecule has 0 amide bonds. The van der Waals surface area contributed by atoms with Crippen molar-refractivity contribution in [2.24, 2.45) is 0 Å². The van der Waals surface area contributed by atoms with Crippen LogP contribution in [-0.2, 0) is 4.74 Å². The average molecular weight is 481 g/mol. The Bertz CT molecular complexity index is 979. The molecule has 0 bridgehead atoms. The first-order valence-corrected chi connectivity index (χ1v) is 11.2. The van der Waals surface area contributed by atoms with Crippen LogP contribution in [0.25, 0.3) is 0 Å². The van der Waals surface area contributed by atoms with Crippen LogP contribution in [0, 0.1) is 0 Å². The summed E-state index contributed by atoms with van der Waals surface area (Å²) < 4.78 is 16.1. The lowest BCUT2D eigenvalue weighted by Gasteiger charge is -2.23. The number of carbonyl (C=O) groups is 2. The Labute approximate surface area is 208 Å². The van der Waals surface area contributed by atoms with Gasteiger partial charge in [0.2, 0.25) is 0 Å². The van der Waals surface area contributed by atoms with Crippen molar-refractivity contribution < 1.29 is 28.9 Å². The number of benzene rings is 2. The van der Waals surface area contributed by atoms with Crippen molar-refractivity contribution in [1.82, 2.24) is 0 Å². The summed E-state index contributed by atoms with van der Waals surface area (Å²) in [5.41, 5.74) is -1.14. The second kappa shape index (κ2) is 14.0. The molecule has 0 aliphatic rings. The maximum Gasteiger partial charge on any atom is 0.194 e. The molecule has 2 aromatic carbocycles. The third kappa shape index (κ3) is 10.1. The van der Waals surface area contributed by atoms with E-state index >= 15 is 0 Å². The Morgan fingerprint density at radius 1 is 0.714 bits per heavy atom. The fraction of sp³-hybridized carbons (Fsp3) is 0.310. The number of aliphatic hydroxyl groups is 1. The summed E-state index contributed by atoms with van der Waals surface area (Å²) in [6.07, 6.45) is 4.95. The van der Waals surface area contributed by atoms with Crippen LogP contribution >= 0.6 is 0 Å². The van der Waals surface area contributed by atoms with Gasteiger partial charge in [-0.3, -0.25) is 9.59 Å². The van der Waals surface area contributed by atoms with E-state index in [1.165, 1.54) is 13.8 Å². The predicted molar refractivity (Wildman–Crippen MR) is 139 cm³/mol. The maximum atomic E-state index is 12.3. The van der Waals surface area contributed by atoms with Gasteiger partial charge in [-0.2, -0.15) is 0 Å². The molecule has 2 aromatic rings. The van der Waals surface area contributed by atoms with Gasteiger partial charge in [-0.15, -0.1) is 6.58 Å². The number of ether oxygens (including phenoxy) is 3. The van der Waals surface area contributed by atoms with Crippen molar-refractivity contribution in [3.63, 3.8) is 0 Å². The molecule has 0 atom stereocenters. The van der Waals surface area contributed by atoms with Crippen molar-refractivity contribution in [3.8, 4) is 11.5 Å². The van der Waals surface area contributed by atoms with E-state index in [1.54, 1.807) is 80.6 Å². The summed E-state index contributed by atoms with van der Waals surface area (Å²) in [6, 6.07) is 13.7. The third-order valence-corrected chi connectivity index (χ3v) is 4.63. The summed E-state index contributed by atoms with van der Waals surface area (Å²) >= 11 is 0. The standard InChI is InChI=1S/C16H20O3.C13H16O3/c1-5-11-18-14-9-7-13(8-10-14)15(17)16(3,4)19-12-6-2;1-4-9-16-11-7-5-10(6-8-11)12(14)13(2,3)15/h5-10H,1-2,11-12H2,3-4H3;4-8,15H,1,9H2,2-3H3. The Morgan fingerprint density at radius 3 is 1.43 bits per heavy atom. The smallest absolute Gasteiger partial charge is 0.194 e. The first-order valence-electron chi connectivity index (χ1n) is 11.2. The molecule has 188 valence electrons. The highest BCUT2D eigenvalue weighted by Gasteiger charge is 2.29. The molecule has 0 aromatic heterocycles. The molecule has 6 nitrogen and oxygen atoms in total. The zero-order valence-corrected chi connectivity index (χ0v) is 21.1. The van der Waals surface area contributed by atoms with Crippen LogP contribution in [0.3, 0.4) is 0 Å². The number of hydrogen-bond donors (Lipinski definition) is 1. The SMILES string of the molecule is C=CCOc1ccc(C(=O)C(C)(C)O)cc1.C=CCOc1ccc(C(=O)C(C)(C)OCC=C)cc1. The van der Waals surface area contributed by atoms with Gasteiger partial charge in [-0.1, -0.05) is 31.4 Å². The molecule has 35 heavy (non-hydrogen) atoms. The van der Waals surface area contributed by atoms with Gasteiger partial charge >= 0.3 is 0 Å². The Balaban J connectivity index is 0.000000355. The summed E-state index contributed by atoms with van der Waals surface area (Å²) in [5, 5.41) is 9.56. The van der Waals surface area contributed by atoms with Crippen molar-refractivity contribution in [1.29, 1.82) is 0 Å². The highest BCUT2D eigenvalue weighted by molar-refractivity contribution is 6.02. The summed E-state index contributed by atoms with van der Waals surface area (Å²) in [6.45, 7) is 18.4. The van der Waals surface area contributed by atoms with Crippen LogP contribution in [0.2, 0.25) is 0 Å². The fourth-order valence-corrected chi connectivity index (χ4v) is 2.75. The normalized spacial score (nSPS) is 10.9. The minimum absolute atomic E-state index is 0.0652. The van der Waals surface area contributed by atoms with Gasteiger partial charge in [0.25, 0.3) is 0 Å². The lowest BCUT2D eigenvalue weighted by atomic mass is 9.96. The largest absolute Gasteiger partial charge is 0.490 e. The molecular weight excluding hydrogens is 444 g/mol. The number of ketones is 2. The minimum atomic E-state index is -1.34. The average Bonchev–Trinajstić information content (AvgIpc) is 2.84. The van der Waals surface area contributed by atoms with Crippen LogP contribution in [0.15, 0.2) is 86.5 Å². The predicted octanol–water partition coefficient (Wildman–Crippen LogP) is 5.62. The lowest BCUT2D eigenvalue weighted by Crippen LogP contribution is -2.35. The zero-order valence-electron chi connectivity index (χ0n) is 21.1. The second-order valence-electron chi connectivity index (χ2n) is 8.58. The van der Waals surface area contributed by atoms with Gasteiger partial charge in [0.05, 0.1) is 6.61 Å². The molecule has 0 heterocycles. The van der Waals surface area contributed by atoms with Gasteiger partial charge in [-0.25, -0.2) is 0 Å². The van der Waals surface area contributed by atoms with E-state index in [2.05, 4.69) is 19.7 Å². The molecular formula is C29H36O6. The van der Waals surface area contributed by atoms with Crippen molar-refractivity contribution in [3.05, 3.63) is 97.6 Å². The van der Waals surface area contributed by atoms with E-state index in [-0.39, 0.29) is 11.6 Å². The van der Waals surface area contributed by atoms with Gasteiger partial charge in [0.1, 0.15) is 35.9 Å². The van der Waals surface area contributed by atoms with E-state index in [0.717, 1.165) is 0 Å². The summed E-state index contributed by atoms with van der Waals surface area (Å²) in [4.78, 5) is 24.0. The highest BCUT2D eigenvalue weighted by atomic mass is 16.5. The van der Waals surface area contributed by atoms with Crippen LogP contribution in [0.4, 0.5) is 0 Å². The van der Waals surface area contributed by atoms with Crippen LogP contribution in [0.5, 0.6) is 11.5 Å². The zero-order chi connectivity index (χ0) is 26.5. The molecule has 6 heteroatoms. The molecule has 0 saturated carbocycles. The summed E-state index contributed by atoms with van der Waals surface area (Å²) in [7, 11) is 0. The second-order valence-corrected chi connectivity index (χ2v) is 8.58. The van der Waals surface area contributed by atoms with E-state index in [0.29, 0.717) is 42.4 Å². The molecule has 0 aliphatic carbocycles. The topological polar surface area (TPSA) is 82.1 Å². The van der Waals surface area contributed by atoms with Crippen molar-refractivity contribution >= 4 is 11.6 Å². The van der Waals surface area contributed by atoms with Crippen LogP contribution < -0.4 is 9.47 Å². The fourth-order valence-electron chi connectivity index (χ4n) is 2.75. The molecule has 0 saturated heterocycles. The molecule has 0 aliphatic heterocycles. The first kappa shape index (κ1) is 29.6. The van der Waals surface area contributed by atoms with E-state index in [4.69, 9.17) is 14.2 Å². The van der Waals surface area contributed by atoms with Gasteiger partial charge in [-0.05, 0) is 76.2 Å². The Morgan fingerprint density at radius 2 is 1.09 bits per heavy atom. The quantitative estimate of drug-likeness (QED) is 0.296. The molecule has 0 fully saturated rings. The first-order chi connectivity index (χ1) is 16.5. The molecule has 2 rings (SSSR count). The van der Waals surface area contributed by atoms with Gasteiger partial charge < -0.3 is 19.3 Å². The van der Waals surface area contributed by atoms with E-state index < -0.39 is 11.2 Å². The summed E-state index contributed by atoms with van der Waals surface area (Å²) in [5.74, 6) is 1.01. The minimum Gasteiger partial charge on any atom is -0.490 e. The van der Waals surface area contributed by atoms with E-state index in [9.17, 15) is 14.7 Å². The third-order valence-electron chi connectivity index (χ3n) is 4.63. The van der Waals surface area contributed by atoms with Gasteiger partial charge in [0.15, 0.2) is 11.6 Å². The number of rotatable bonds is 13. The Hall–Kier alpha value is -3.48. The van der Waals surface area contributed by atoms with Crippen LogP contribution in [-0.4, -0.2) is 47.7 Å². The van der Waals surface area contributed by atoms with Crippen molar-refractivity contribution in [2.45, 2.75) is 38.9 Å². The monoisotopic (exact) mass is 480 g/mol. The molecule has 0 spiro atoms. The highest BCUT2D eigenvalue weighted by Crippen LogP contribution is 2.20. The van der Waals surface area contributed by atoms with Crippen molar-refractivity contribution in [2.75, 3.05) is 19.8 Å². The van der Waals surface area contributed by atoms with Gasteiger partial charge in [0, 0.05) is 11.1 Å². The number of Topliss-reactive ketones (excluding diaryl/α,β-unsaturated/α-hetero) is 2. The molecule has 0 radical (unpaired) electrons. The van der Waals surface area contributed by atoms with Crippen LogP contribution in [0.1, 0.15) is 48.4 Å². The molecule has 1 N–H and O–H groups in total. The number of carbonyl (C=O) groups excluding carboxylic acids is 2. The number of hydrogen-bond acceptors (Lipinski definition) is 6.